The Morgan fingerprint density at radius 2 is 1.46 bits per heavy atom. The molecule has 1 atom stereocenters. The molecule has 12 heteroatoms. The van der Waals surface area contributed by atoms with Crippen LogP contribution in [-0.2, 0) is 0 Å². The molecule has 0 aliphatic carbocycles. The highest BCUT2D eigenvalue weighted by atomic mass is 16.3. The molecule has 0 fully saturated rings. The molecule has 1 aromatic heterocycles. The normalized spacial score (nSPS) is 15.1. The van der Waals surface area contributed by atoms with Crippen LogP contribution in [0.1, 0.15) is 17.4 Å². The molecular weight excluding hydrogens is 285 g/mol. The van der Waals surface area contributed by atoms with Crippen molar-refractivity contribution >= 4 is 70.6 Å². The maximum absolute atomic E-state index is 10.8. The predicted octanol–water partition coefficient (Wildman–Crippen LogP) is -7.33. The Labute approximate surface area is 156 Å². The first-order valence-corrected chi connectivity index (χ1v) is 9.00. The number of aliphatic hydroxyl groups is 1. The SMILES string of the molecule is BC(B)(B)C(NCC(O)c1cccnc1C)(C(B)(B)B)C(B)(B)B. The number of β-amino-alcohol motifs (C(OH)–C–C–N with tert-alkyl or cyclic N) is 1. The zero-order chi connectivity index (χ0) is 19.0. The molecule has 0 radical (unpaired) electrons. The van der Waals surface area contributed by atoms with Gasteiger partial charge in [-0.3, -0.25) is 4.98 Å². The summed E-state index contributed by atoms with van der Waals surface area (Å²) in [6.07, 6.45) is 1.20. The fourth-order valence-electron chi connectivity index (χ4n) is 5.38. The number of nitrogens with zero attached hydrogens (tertiary/aromatic N) is 1. The fraction of sp³-hybridized carbons (Fsp3) is 0.583. The molecule has 0 bridgehead atoms. The van der Waals surface area contributed by atoms with Crippen LogP contribution in [0.15, 0.2) is 18.3 Å². The van der Waals surface area contributed by atoms with Crippen LogP contribution in [0.4, 0.5) is 0 Å². The molecule has 1 aromatic rings. The summed E-state index contributed by atoms with van der Waals surface area (Å²) < 4.78 is 0. The minimum Gasteiger partial charge on any atom is -0.387 e. The van der Waals surface area contributed by atoms with E-state index in [9.17, 15) is 5.11 Å². The van der Waals surface area contributed by atoms with Crippen molar-refractivity contribution in [2.24, 2.45) is 0 Å². The van der Waals surface area contributed by atoms with Crippen LogP contribution < -0.4 is 5.32 Å². The van der Waals surface area contributed by atoms with Crippen molar-refractivity contribution < 1.29 is 5.11 Å². The summed E-state index contributed by atoms with van der Waals surface area (Å²) in [5, 5.41) is 14.6. The van der Waals surface area contributed by atoms with Crippen LogP contribution in [0.3, 0.4) is 0 Å². The van der Waals surface area contributed by atoms with Crippen molar-refractivity contribution in [3.05, 3.63) is 29.6 Å². The number of aromatic nitrogens is 1. The average Bonchev–Trinajstić information content (AvgIpc) is 2.34. The van der Waals surface area contributed by atoms with Crippen molar-refractivity contribution in [3.8, 4) is 0 Å². The number of aryl methyl sites for hydroxylation is 1. The van der Waals surface area contributed by atoms with Gasteiger partial charge < -0.3 is 10.4 Å². The van der Waals surface area contributed by atoms with Crippen LogP contribution in [0.2, 0.25) is 15.3 Å². The van der Waals surface area contributed by atoms with Crippen molar-refractivity contribution in [1.82, 2.24) is 10.3 Å². The molecular formula is C12H29B9N2O. The van der Waals surface area contributed by atoms with Crippen molar-refractivity contribution in [2.75, 3.05) is 6.54 Å². The van der Waals surface area contributed by atoms with Gasteiger partial charge >= 0.3 is 0 Å². The predicted molar refractivity (Wildman–Crippen MR) is 130 cm³/mol. The maximum atomic E-state index is 10.8. The Bertz CT molecular complexity index is 529. The summed E-state index contributed by atoms with van der Waals surface area (Å²) in [4.78, 5) is 4.30. The molecule has 1 rings (SSSR count). The molecule has 3 nitrogen and oxygen atoms in total. The van der Waals surface area contributed by atoms with Crippen LogP contribution in [0.5, 0.6) is 0 Å². The summed E-state index contributed by atoms with van der Waals surface area (Å²) in [6, 6.07) is 3.84. The third-order valence-corrected chi connectivity index (χ3v) is 5.34. The zero-order valence-electron chi connectivity index (χ0n) is 17.4. The van der Waals surface area contributed by atoms with E-state index in [1.807, 2.05) is 19.1 Å². The van der Waals surface area contributed by atoms with Gasteiger partial charge in [0, 0.05) is 24.0 Å². The van der Waals surface area contributed by atoms with E-state index in [0.29, 0.717) is 6.54 Å². The Balaban J connectivity index is 3.23. The Hall–Kier alpha value is -0.346. The molecule has 0 saturated heterocycles. The van der Waals surface area contributed by atoms with Gasteiger partial charge in [0.05, 0.1) is 76.7 Å². The largest absolute Gasteiger partial charge is 0.387 e. The van der Waals surface area contributed by atoms with Gasteiger partial charge in [0.1, 0.15) is 0 Å². The first-order valence-electron chi connectivity index (χ1n) is 9.00. The van der Waals surface area contributed by atoms with Gasteiger partial charge in [-0.2, -0.15) is 0 Å². The second-order valence-electron chi connectivity index (χ2n) is 10.1. The first kappa shape index (κ1) is 21.7. The number of rotatable bonds is 7. The van der Waals surface area contributed by atoms with Gasteiger partial charge in [0.15, 0.2) is 0 Å². The molecule has 2 N–H and O–H groups in total. The highest BCUT2D eigenvalue weighted by Gasteiger charge is 2.55. The summed E-state index contributed by atoms with van der Waals surface area (Å²) in [5.74, 6) is 0. The molecule has 0 aliphatic heterocycles. The average molecular weight is 315 g/mol. The van der Waals surface area contributed by atoms with Crippen LogP contribution in [0, 0.1) is 6.92 Å². The van der Waals surface area contributed by atoms with E-state index in [2.05, 4.69) is 80.9 Å². The lowest BCUT2D eigenvalue weighted by Gasteiger charge is -2.64. The number of aliphatic hydroxyl groups excluding tert-OH is 1. The Morgan fingerprint density at radius 3 is 1.83 bits per heavy atom. The minimum absolute atomic E-state index is 0.0210. The third-order valence-electron chi connectivity index (χ3n) is 5.34. The van der Waals surface area contributed by atoms with E-state index in [-0.39, 0.29) is 20.9 Å². The molecule has 0 spiro atoms. The van der Waals surface area contributed by atoms with Gasteiger partial charge in [-0.15, -0.1) is 0 Å². The molecule has 0 saturated carbocycles. The second-order valence-corrected chi connectivity index (χ2v) is 10.1. The highest BCUT2D eigenvalue weighted by molar-refractivity contribution is 6.70. The molecule has 24 heavy (non-hydrogen) atoms. The van der Waals surface area contributed by atoms with E-state index in [0.717, 1.165) is 11.3 Å². The lowest BCUT2D eigenvalue weighted by Crippen LogP contribution is -2.71. The first-order chi connectivity index (χ1) is 10.6. The summed E-state index contributed by atoms with van der Waals surface area (Å²) >= 11 is 0. The molecule has 1 heterocycles. The Morgan fingerprint density at radius 1 is 1.00 bits per heavy atom. The van der Waals surface area contributed by atoms with Crippen molar-refractivity contribution in [3.63, 3.8) is 0 Å². The van der Waals surface area contributed by atoms with Gasteiger partial charge in [-0.1, -0.05) is 21.4 Å². The maximum Gasteiger partial charge on any atom is 0.0931 e. The number of hydrogen-bond donors (Lipinski definition) is 2. The van der Waals surface area contributed by atoms with Gasteiger partial charge in [0.2, 0.25) is 0 Å². The molecule has 0 aliphatic rings. The van der Waals surface area contributed by atoms with E-state index in [1.165, 1.54) is 0 Å². The van der Waals surface area contributed by atoms with Crippen LogP contribution in [0.25, 0.3) is 0 Å². The molecule has 0 amide bonds. The monoisotopic (exact) mass is 316 g/mol. The lowest BCUT2D eigenvalue weighted by molar-refractivity contribution is 0.153. The quantitative estimate of drug-likeness (QED) is 0.492. The van der Waals surface area contributed by atoms with E-state index in [1.54, 1.807) is 6.20 Å². The zero-order valence-corrected chi connectivity index (χ0v) is 17.4. The van der Waals surface area contributed by atoms with Crippen LogP contribution >= 0.6 is 0 Å². The fourth-order valence-corrected chi connectivity index (χ4v) is 5.38. The second kappa shape index (κ2) is 7.11. The van der Waals surface area contributed by atoms with Gasteiger partial charge in [-0.05, 0) is 18.5 Å². The summed E-state index contributed by atoms with van der Waals surface area (Å²) in [5.41, 5.74) is 1.62. The standard InChI is InChI=1S/C12H29B9N2O/c1-6-7(3-2-4-22-6)8(24)5-23-9(10(13,14)15,11(16,17)18)12(19,20)21/h2-4,8,23-24H,5,13-21H2,1H3. The number of nitrogens with one attached hydrogen (secondary N) is 1. The van der Waals surface area contributed by atoms with E-state index < -0.39 is 6.10 Å². The summed E-state index contributed by atoms with van der Waals surface area (Å²) in [6.45, 7) is 2.46. The van der Waals surface area contributed by atoms with Crippen LogP contribution in [-0.4, -0.2) is 92.8 Å². The molecule has 120 valence electrons. The van der Waals surface area contributed by atoms with Crippen molar-refractivity contribution in [1.29, 1.82) is 0 Å². The van der Waals surface area contributed by atoms with Gasteiger partial charge in [-0.25, -0.2) is 0 Å². The van der Waals surface area contributed by atoms with E-state index in [4.69, 9.17) is 0 Å². The third kappa shape index (κ3) is 4.07. The highest BCUT2D eigenvalue weighted by Crippen LogP contribution is 2.53. The lowest BCUT2D eigenvalue weighted by atomic mass is 9.12. The van der Waals surface area contributed by atoms with Gasteiger partial charge in [0.25, 0.3) is 0 Å². The minimum atomic E-state index is -0.565. The number of pyridine rings is 1. The molecule has 1 unspecified atom stereocenters. The van der Waals surface area contributed by atoms with Crippen molar-refractivity contribution in [2.45, 2.75) is 33.9 Å². The summed E-state index contributed by atoms with van der Waals surface area (Å²) in [7, 11) is 20.6. The molecule has 0 aromatic carbocycles. The topological polar surface area (TPSA) is 45.1 Å². The van der Waals surface area contributed by atoms with E-state index >= 15 is 0 Å². The number of hydrogen-bond acceptors (Lipinski definition) is 3. The Kier molecular flexibility index (Phi) is 6.43. The smallest absolute Gasteiger partial charge is 0.0931 e.